The molecule has 2 atom stereocenters. The summed E-state index contributed by atoms with van der Waals surface area (Å²) in [7, 11) is 0. The van der Waals surface area contributed by atoms with Gasteiger partial charge in [0, 0.05) is 11.1 Å². The van der Waals surface area contributed by atoms with Crippen molar-refractivity contribution >= 4 is 11.9 Å². The molecule has 8 heteroatoms. The van der Waals surface area contributed by atoms with E-state index in [1.165, 1.54) is 17.4 Å². The predicted octanol–water partition coefficient (Wildman–Crippen LogP) is 0.881. The SMILES string of the molecule is C[C@@H]1CCCC[C@H]1NC(=O)Cn1cnc([N+](=O)[O-])n1. The van der Waals surface area contributed by atoms with Crippen LogP contribution in [0.15, 0.2) is 6.33 Å². The lowest BCUT2D eigenvalue weighted by Crippen LogP contribution is -2.42. The fourth-order valence-corrected chi connectivity index (χ4v) is 2.37. The van der Waals surface area contributed by atoms with Gasteiger partial charge in [-0.2, -0.15) is 4.68 Å². The fourth-order valence-electron chi connectivity index (χ4n) is 2.37. The molecule has 1 aliphatic rings. The van der Waals surface area contributed by atoms with Gasteiger partial charge in [0.25, 0.3) is 0 Å². The molecule has 0 unspecified atom stereocenters. The van der Waals surface area contributed by atoms with Crippen LogP contribution < -0.4 is 5.32 Å². The first-order valence-electron chi connectivity index (χ1n) is 6.39. The van der Waals surface area contributed by atoms with Gasteiger partial charge in [-0.3, -0.25) is 4.79 Å². The summed E-state index contributed by atoms with van der Waals surface area (Å²) in [5.41, 5.74) is 0. The zero-order chi connectivity index (χ0) is 13.8. The minimum atomic E-state index is -0.683. The number of hydrogen-bond donors (Lipinski definition) is 1. The monoisotopic (exact) mass is 267 g/mol. The van der Waals surface area contributed by atoms with Gasteiger partial charge in [-0.25, -0.2) is 0 Å². The third-order valence-corrected chi connectivity index (χ3v) is 3.45. The van der Waals surface area contributed by atoms with Gasteiger partial charge in [0.2, 0.25) is 12.2 Å². The van der Waals surface area contributed by atoms with Crippen LogP contribution in [0.2, 0.25) is 0 Å². The molecule has 1 fully saturated rings. The first-order valence-corrected chi connectivity index (χ1v) is 6.39. The second kappa shape index (κ2) is 5.77. The van der Waals surface area contributed by atoms with E-state index in [-0.39, 0.29) is 18.5 Å². The van der Waals surface area contributed by atoms with Crippen molar-refractivity contribution in [2.24, 2.45) is 5.92 Å². The number of nitrogens with zero attached hydrogens (tertiary/aromatic N) is 4. The highest BCUT2D eigenvalue weighted by Crippen LogP contribution is 2.23. The molecular formula is C11H17N5O3. The highest BCUT2D eigenvalue weighted by molar-refractivity contribution is 5.75. The number of hydrogen-bond acceptors (Lipinski definition) is 5. The van der Waals surface area contributed by atoms with Gasteiger partial charge in [0.05, 0.1) is 0 Å². The molecule has 8 nitrogen and oxygen atoms in total. The third-order valence-electron chi connectivity index (χ3n) is 3.45. The number of carbonyl (C=O) groups is 1. The normalized spacial score (nSPS) is 23.0. The molecule has 1 N–H and O–H groups in total. The van der Waals surface area contributed by atoms with Gasteiger partial charge < -0.3 is 15.4 Å². The minimum absolute atomic E-state index is 0.0376. The second-order valence-corrected chi connectivity index (χ2v) is 4.94. The zero-order valence-corrected chi connectivity index (χ0v) is 10.8. The van der Waals surface area contributed by atoms with E-state index in [4.69, 9.17) is 0 Å². The quantitative estimate of drug-likeness (QED) is 0.644. The Hall–Kier alpha value is -1.99. The molecule has 1 amide bonds. The van der Waals surface area contributed by atoms with E-state index in [1.807, 2.05) is 0 Å². The first kappa shape index (κ1) is 13.4. The highest BCUT2D eigenvalue weighted by atomic mass is 16.6. The Bertz CT molecular complexity index is 473. The number of amides is 1. The number of aromatic nitrogens is 3. The summed E-state index contributed by atoms with van der Waals surface area (Å²) < 4.78 is 1.18. The summed E-state index contributed by atoms with van der Waals surface area (Å²) in [5.74, 6) is -0.194. The number of carbonyl (C=O) groups excluding carboxylic acids is 1. The van der Waals surface area contributed by atoms with Crippen molar-refractivity contribution in [2.75, 3.05) is 0 Å². The smallest absolute Gasteiger partial charge is 0.390 e. The summed E-state index contributed by atoms with van der Waals surface area (Å²) in [4.78, 5) is 25.1. The Morgan fingerprint density at radius 1 is 1.58 bits per heavy atom. The molecule has 104 valence electrons. The van der Waals surface area contributed by atoms with Crippen LogP contribution in [-0.4, -0.2) is 31.6 Å². The second-order valence-electron chi connectivity index (χ2n) is 4.94. The molecule has 0 aromatic carbocycles. The molecule has 0 aliphatic heterocycles. The standard InChI is InChI=1S/C11H17N5O3/c1-8-4-2-3-5-9(8)13-10(17)6-15-7-12-11(14-15)16(18)19/h7-9H,2-6H2,1H3,(H,13,17)/t8-,9-/m1/s1. The van der Waals surface area contributed by atoms with Gasteiger partial charge in [-0.15, -0.1) is 0 Å². The number of nitro groups is 1. The van der Waals surface area contributed by atoms with Crippen molar-refractivity contribution in [2.45, 2.75) is 45.2 Å². The van der Waals surface area contributed by atoms with Crippen LogP contribution in [0.4, 0.5) is 5.95 Å². The summed E-state index contributed by atoms with van der Waals surface area (Å²) in [5, 5.41) is 17.0. The molecule has 0 spiro atoms. The topological polar surface area (TPSA) is 103 Å². The van der Waals surface area contributed by atoms with Crippen LogP contribution >= 0.6 is 0 Å². The maximum atomic E-state index is 11.8. The molecule has 0 radical (unpaired) electrons. The lowest BCUT2D eigenvalue weighted by atomic mass is 9.86. The highest BCUT2D eigenvalue weighted by Gasteiger charge is 2.23. The van der Waals surface area contributed by atoms with Crippen molar-refractivity contribution < 1.29 is 9.72 Å². The van der Waals surface area contributed by atoms with Crippen LogP contribution in [0.3, 0.4) is 0 Å². The Morgan fingerprint density at radius 2 is 2.32 bits per heavy atom. The van der Waals surface area contributed by atoms with Crippen molar-refractivity contribution in [3.05, 3.63) is 16.4 Å². The van der Waals surface area contributed by atoms with Crippen LogP contribution in [0.1, 0.15) is 32.6 Å². The Morgan fingerprint density at radius 3 is 2.95 bits per heavy atom. The Kier molecular flexibility index (Phi) is 4.08. The van der Waals surface area contributed by atoms with Gasteiger partial charge in [-0.05, 0) is 23.7 Å². The van der Waals surface area contributed by atoms with Gasteiger partial charge >= 0.3 is 5.95 Å². The van der Waals surface area contributed by atoms with E-state index < -0.39 is 10.9 Å². The van der Waals surface area contributed by atoms with Crippen molar-refractivity contribution in [3.63, 3.8) is 0 Å². The summed E-state index contributed by atoms with van der Waals surface area (Å²) >= 11 is 0. The number of rotatable bonds is 4. The van der Waals surface area contributed by atoms with Gasteiger partial charge in [0.15, 0.2) is 0 Å². The zero-order valence-electron chi connectivity index (χ0n) is 10.8. The van der Waals surface area contributed by atoms with Crippen LogP contribution in [0.5, 0.6) is 0 Å². The molecule has 1 aromatic rings. The van der Waals surface area contributed by atoms with Crippen LogP contribution in [-0.2, 0) is 11.3 Å². The average molecular weight is 267 g/mol. The summed E-state index contributed by atoms with van der Waals surface area (Å²) in [6.45, 7) is 2.09. The summed E-state index contributed by atoms with van der Waals surface area (Å²) in [6.07, 6.45) is 5.65. The molecule has 1 heterocycles. The van der Waals surface area contributed by atoms with E-state index >= 15 is 0 Å². The maximum absolute atomic E-state index is 11.8. The van der Waals surface area contributed by atoms with Crippen molar-refractivity contribution in [1.82, 2.24) is 20.1 Å². The predicted molar refractivity (Wildman–Crippen MR) is 66.2 cm³/mol. The molecular weight excluding hydrogens is 250 g/mol. The molecule has 0 saturated heterocycles. The van der Waals surface area contributed by atoms with E-state index in [9.17, 15) is 14.9 Å². The van der Waals surface area contributed by atoms with Crippen LogP contribution in [0, 0.1) is 16.0 Å². The minimum Gasteiger partial charge on any atom is -0.390 e. The van der Waals surface area contributed by atoms with Gasteiger partial charge in [0.1, 0.15) is 6.54 Å². The molecule has 2 rings (SSSR count). The Balaban J connectivity index is 1.87. The largest absolute Gasteiger partial charge is 0.490 e. The maximum Gasteiger partial charge on any atom is 0.490 e. The molecule has 1 aromatic heterocycles. The molecule has 0 bridgehead atoms. The van der Waals surface area contributed by atoms with E-state index in [0.29, 0.717) is 5.92 Å². The summed E-state index contributed by atoms with van der Waals surface area (Å²) in [6, 6.07) is 0.194. The third kappa shape index (κ3) is 3.49. The lowest BCUT2D eigenvalue weighted by molar-refractivity contribution is -0.394. The first-order chi connectivity index (χ1) is 9.06. The van der Waals surface area contributed by atoms with Crippen molar-refractivity contribution in [1.29, 1.82) is 0 Å². The average Bonchev–Trinajstić information content (AvgIpc) is 2.80. The molecule has 1 saturated carbocycles. The van der Waals surface area contributed by atoms with Crippen molar-refractivity contribution in [3.8, 4) is 0 Å². The lowest BCUT2D eigenvalue weighted by Gasteiger charge is -2.29. The van der Waals surface area contributed by atoms with E-state index in [2.05, 4.69) is 22.3 Å². The Labute approximate surface area is 110 Å². The van der Waals surface area contributed by atoms with Crippen LogP contribution in [0.25, 0.3) is 0 Å². The molecule has 1 aliphatic carbocycles. The van der Waals surface area contributed by atoms with E-state index in [1.54, 1.807) is 0 Å². The van der Waals surface area contributed by atoms with Gasteiger partial charge in [-0.1, -0.05) is 24.7 Å². The number of nitrogens with one attached hydrogen (secondary N) is 1. The fraction of sp³-hybridized carbons (Fsp3) is 0.727. The molecule has 19 heavy (non-hydrogen) atoms. The van der Waals surface area contributed by atoms with E-state index in [0.717, 1.165) is 19.3 Å².